The largest absolute Gasteiger partial charge is 0.207 e. The molecule has 1 aromatic carbocycles. The second-order valence-corrected chi connectivity index (χ2v) is 9.58. The highest BCUT2D eigenvalue weighted by molar-refractivity contribution is 6.59. The monoisotopic (exact) mass is 278 g/mol. The van der Waals surface area contributed by atoms with E-state index in [-0.39, 0.29) is 5.82 Å². The van der Waals surface area contributed by atoms with Crippen LogP contribution in [0.4, 0.5) is 4.39 Å². The summed E-state index contributed by atoms with van der Waals surface area (Å²) in [6.45, 7) is 2.28. The van der Waals surface area contributed by atoms with Gasteiger partial charge in [-0.2, -0.15) is 0 Å². The van der Waals surface area contributed by atoms with E-state index in [1.165, 1.54) is 56.2 Å². The van der Waals surface area contributed by atoms with Gasteiger partial charge in [0.25, 0.3) is 0 Å². The highest BCUT2D eigenvalue weighted by Gasteiger charge is 2.22. The molecule has 1 aliphatic rings. The normalized spacial score (nSPS) is 23.5. The second kappa shape index (κ2) is 7.84. The van der Waals surface area contributed by atoms with E-state index in [1.54, 1.807) is 18.2 Å². The summed E-state index contributed by atoms with van der Waals surface area (Å²) in [6.07, 6.45) is 8.40. The summed E-state index contributed by atoms with van der Waals surface area (Å²) < 4.78 is 12.9. The van der Waals surface area contributed by atoms with E-state index in [1.807, 2.05) is 12.1 Å². The van der Waals surface area contributed by atoms with E-state index in [2.05, 4.69) is 6.92 Å². The fourth-order valence-corrected chi connectivity index (χ4v) is 6.86. The van der Waals surface area contributed by atoms with Crippen molar-refractivity contribution in [1.29, 1.82) is 0 Å². The SMILES string of the molecule is CCCCCC[SiH]1CCC(c2ccc(F)cc2)CC1. The van der Waals surface area contributed by atoms with Crippen LogP contribution in [0.25, 0.3) is 0 Å². The smallest absolute Gasteiger partial charge is 0.123 e. The zero-order valence-corrected chi connectivity index (χ0v) is 13.4. The molecular weight excluding hydrogens is 251 g/mol. The van der Waals surface area contributed by atoms with Gasteiger partial charge in [0.15, 0.2) is 0 Å². The molecule has 19 heavy (non-hydrogen) atoms. The summed E-state index contributed by atoms with van der Waals surface area (Å²) in [7, 11) is -0.415. The van der Waals surface area contributed by atoms with Gasteiger partial charge in [-0.25, -0.2) is 4.39 Å². The van der Waals surface area contributed by atoms with Gasteiger partial charge in [-0.3, -0.25) is 0 Å². The second-order valence-electron chi connectivity index (χ2n) is 6.12. The minimum atomic E-state index is -0.415. The van der Waals surface area contributed by atoms with Gasteiger partial charge in [0.2, 0.25) is 0 Å². The van der Waals surface area contributed by atoms with Gasteiger partial charge in [-0.05, 0) is 36.5 Å². The maximum absolute atomic E-state index is 12.9. The molecule has 0 nitrogen and oxygen atoms in total. The summed E-state index contributed by atoms with van der Waals surface area (Å²) in [6, 6.07) is 11.8. The molecule has 1 aliphatic heterocycles. The average molecular weight is 278 g/mol. The van der Waals surface area contributed by atoms with E-state index in [9.17, 15) is 4.39 Å². The Morgan fingerprint density at radius 3 is 2.37 bits per heavy atom. The van der Waals surface area contributed by atoms with E-state index in [0.717, 1.165) is 0 Å². The molecule has 0 saturated carbocycles. The van der Waals surface area contributed by atoms with Crippen molar-refractivity contribution in [3.63, 3.8) is 0 Å². The van der Waals surface area contributed by atoms with Crippen molar-refractivity contribution >= 4 is 8.80 Å². The van der Waals surface area contributed by atoms with Crippen LogP contribution < -0.4 is 0 Å². The van der Waals surface area contributed by atoms with Gasteiger partial charge in [0.05, 0.1) is 0 Å². The number of rotatable bonds is 6. The Balaban J connectivity index is 1.71. The Morgan fingerprint density at radius 2 is 1.74 bits per heavy atom. The van der Waals surface area contributed by atoms with Crippen LogP contribution in [0.15, 0.2) is 24.3 Å². The number of unbranched alkanes of at least 4 members (excludes halogenated alkanes) is 3. The molecule has 0 aromatic heterocycles. The zero-order valence-electron chi connectivity index (χ0n) is 12.2. The van der Waals surface area contributed by atoms with Crippen LogP contribution in [0.3, 0.4) is 0 Å². The summed E-state index contributed by atoms with van der Waals surface area (Å²) in [4.78, 5) is 0. The molecule has 1 heterocycles. The fraction of sp³-hybridized carbons (Fsp3) is 0.647. The molecule has 0 radical (unpaired) electrons. The van der Waals surface area contributed by atoms with E-state index < -0.39 is 8.80 Å². The average Bonchev–Trinajstić information content (AvgIpc) is 2.45. The minimum Gasteiger partial charge on any atom is -0.207 e. The number of halogens is 1. The van der Waals surface area contributed by atoms with Crippen molar-refractivity contribution in [2.75, 3.05) is 0 Å². The molecule has 0 amide bonds. The first-order chi connectivity index (χ1) is 9.29. The molecule has 0 spiro atoms. The maximum Gasteiger partial charge on any atom is 0.123 e. The highest BCUT2D eigenvalue weighted by Crippen LogP contribution is 2.35. The van der Waals surface area contributed by atoms with E-state index >= 15 is 0 Å². The highest BCUT2D eigenvalue weighted by atomic mass is 28.3. The molecule has 1 fully saturated rings. The van der Waals surface area contributed by atoms with Gasteiger partial charge in [-0.15, -0.1) is 0 Å². The first-order valence-electron chi connectivity index (χ1n) is 8.05. The first-order valence-corrected chi connectivity index (χ1v) is 10.5. The maximum atomic E-state index is 12.9. The van der Waals surface area contributed by atoms with Crippen molar-refractivity contribution < 1.29 is 4.39 Å². The lowest BCUT2D eigenvalue weighted by Crippen LogP contribution is -2.20. The summed E-state index contributed by atoms with van der Waals surface area (Å²) in [5, 5.41) is 0. The summed E-state index contributed by atoms with van der Waals surface area (Å²) in [5.74, 6) is 0.600. The number of hydrogen-bond donors (Lipinski definition) is 0. The molecule has 106 valence electrons. The summed E-state index contributed by atoms with van der Waals surface area (Å²) in [5.41, 5.74) is 1.36. The van der Waals surface area contributed by atoms with Gasteiger partial charge in [-0.1, -0.05) is 62.9 Å². The van der Waals surface area contributed by atoms with Crippen molar-refractivity contribution in [3.8, 4) is 0 Å². The van der Waals surface area contributed by atoms with Gasteiger partial charge >= 0.3 is 0 Å². The Hall–Kier alpha value is -0.633. The quantitative estimate of drug-likeness (QED) is 0.475. The third-order valence-corrected chi connectivity index (χ3v) is 8.18. The van der Waals surface area contributed by atoms with Crippen molar-refractivity contribution in [3.05, 3.63) is 35.6 Å². The molecule has 0 bridgehead atoms. The minimum absolute atomic E-state index is 0.109. The van der Waals surface area contributed by atoms with Crippen LogP contribution in [0.5, 0.6) is 0 Å². The Labute approximate surface area is 119 Å². The molecule has 2 rings (SSSR count). The number of benzene rings is 1. The predicted molar refractivity (Wildman–Crippen MR) is 84.1 cm³/mol. The Kier molecular flexibility index (Phi) is 6.09. The molecule has 1 saturated heterocycles. The topological polar surface area (TPSA) is 0 Å². The van der Waals surface area contributed by atoms with Crippen LogP contribution in [-0.2, 0) is 0 Å². The Bertz CT molecular complexity index is 352. The zero-order chi connectivity index (χ0) is 13.5. The lowest BCUT2D eigenvalue weighted by atomic mass is 9.93. The van der Waals surface area contributed by atoms with Gasteiger partial charge in [0, 0.05) is 8.80 Å². The molecular formula is C17H27FSi. The van der Waals surface area contributed by atoms with E-state index in [4.69, 9.17) is 0 Å². The van der Waals surface area contributed by atoms with Crippen molar-refractivity contribution in [2.24, 2.45) is 0 Å². The predicted octanol–water partition coefficient (Wildman–Crippen LogP) is 5.51. The molecule has 0 atom stereocenters. The van der Waals surface area contributed by atoms with Crippen molar-refractivity contribution in [2.45, 2.75) is 69.5 Å². The summed E-state index contributed by atoms with van der Waals surface area (Å²) >= 11 is 0. The molecule has 0 aliphatic carbocycles. The van der Waals surface area contributed by atoms with Crippen LogP contribution in [-0.4, -0.2) is 8.80 Å². The molecule has 2 heteroatoms. The van der Waals surface area contributed by atoms with Gasteiger partial charge in [0.1, 0.15) is 5.82 Å². The lowest BCUT2D eigenvalue weighted by Gasteiger charge is -2.28. The van der Waals surface area contributed by atoms with Crippen molar-refractivity contribution in [1.82, 2.24) is 0 Å². The molecule has 1 aromatic rings. The third-order valence-electron chi connectivity index (χ3n) is 4.65. The standard InChI is InChI=1S/C17H27FSi/c1-2-3-4-5-12-19-13-10-16(11-14-19)15-6-8-17(18)9-7-15/h6-9,16,19H,2-5,10-14H2,1H3. The molecule has 0 N–H and O–H groups in total. The van der Waals surface area contributed by atoms with Crippen LogP contribution in [0.1, 0.15) is 56.9 Å². The number of hydrogen-bond acceptors (Lipinski definition) is 0. The molecule has 0 unspecified atom stereocenters. The Morgan fingerprint density at radius 1 is 1.05 bits per heavy atom. The van der Waals surface area contributed by atoms with Crippen LogP contribution in [0.2, 0.25) is 18.1 Å². The van der Waals surface area contributed by atoms with Crippen LogP contribution >= 0.6 is 0 Å². The van der Waals surface area contributed by atoms with Gasteiger partial charge < -0.3 is 0 Å². The van der Waals surface area contributed by atoms with Crippen LogP contribution in [0, 0.1) is 5.82 Å². The first kappa shape index (κ1) is 14.8. The third kappa shape index (κ3) is 4.76. The lowest BCUT2D eigenvalue weighted by molar-refractivity contribution is 0.595. The fourth-order valence-electron chi connectivity index (χ4n) is 3.38. The van der Waals surface area contributed by atoms with E-state index in [0.29, 0.717) is 5.92 Å².